The maximum Gasteiger partial charge on any atom is 0.334 e. The molecule has 0 bridgehead atoms. The van der Waals surface area contributed by atoms with E-state index in [9.17, 15) is 9.59 Å². The minimum absolute atomic E-state index is 0.269. The molecule has 0 aliphatic heterocycles. The van der Waals surface area contributed by atoms with Crippen LogP contribution in [0, 0.1) is 0 Å². The second-order valence-electron chi connectivity index (χ2n) is 6.08. The Morgan fingerprint density at radius 3 is 2.77 bits per heavy atom. The van der Waals surface area contributed by atoms with Gasteiger partial charge in [-0.2, -0.15) is 0 Å². The summed E-state index contributed by atoms with van der Waals surface area (Å²) in [6, 6.07) is 14.6. The van der Waals surface area contributed by atoms with Crippen molar-refractivity contribution >= 4 is 27.7 Å². The fourth-order valence-electron chi connectivity index (χ4n) is 3.29. The fraction of sp³-hybridized carbons (Fsp3) is 0.0526. The first-order chi connectivity index (χ1) is 12.6. The van der Waals surface area contributed by atoms with Crippen LogP contribution in [0.5, 0.6) is 0 Å². The van der Waals surface area contributed by atoms with Crippen molar-refractivity contribution in [3.63, 3.8) is 0 Å². The van der Waals surface area contributed by atoms with Crippen molar-refractivity contribution in [2.24, 2.45) is 7.05 Å². The van der Waals surface area contributed by atoms with Crippen molar-refractivity contribution in [1.82, 2.24) is 23.5 Å². The summed E-state index contributed by atoms with van der Waals surface area (Å²) in [7, 11) is 1.59. The predicted molar refractivity (Wildman–Crippen MR) is 98.8 cm³/mol. The van der Waals surface area contributed by atoms with Gasteiger partial charge in [-0.15, -0.1) is 0 Å². The molecule has 4 aromatic heterocycles. The predicted octanol–water partition coefficient (Wildman–Crippen LogP) is 1.89. The van der Waals surface area contributed by atoms with Crippen LogP contribution < -0.4 is 11.2 Å². The zero-order chi connectivity index (χ0) is 17.8. The zero-order valence-electron chi connectivity index (χ0n) is 13.8. The zero-order valence-corrected chi connectivity index (χ0v) is 13.8. The van der Waals surface area contributed by atoms with Gasteiger partial charge >= 0.3 is 5.69 Å². The van der Waals surface area contributed by atoms with Gasteiger partial charge < -0.3 is 0 Å². The molecule has 126 valence electrons. The smallest absolute Gasteiger partial charge is 0.288 e. The van der Waals surface area contributed by atoms with Crippen molar-refractivity contribution in [1.29, 1.82) is 0 Å². The Kier molecular flexibility index (Phi) is 2.88. The highest BCUT2D eigenvalue weighted by Gasteiger charge is 2.18. The highest BCUT2D eigenvalue weighted by molar-refractivity contribution is 5.82. The van der Waals surface area contributed by atoms with E-state index in [1.807, 2.05) is 30.3 Å². The third-order valence-corrected chi connectivity index (χ3v) is 4.56. The summed E-state index contributed by atoms with van der Waals surface area (Å²) in [5.41, 5.74) is 2.00. The molecule has 0 unspecified atom stereocenters. The van der Waals surface area contributed by atoms with E-state index in [2.05, 4.69) is 9.97 Å². The van der Waals surface area contributed by atoms with Gasteiger partial charge in [-0.1, -0.05) is 12.1 Å². The molecule has 0 aliphatic rings. The van der Waals surface area contributed by atoms with E-state index >= 15 is 0 Å². The monoisotopic (exact) mass is 343 g/mol. The minimum Gasteiger partial charge on any atom is -0.288 e. The van der Waals surface area contributed by atoms with Crippen LogP contribution >= 0.6 is 0 Å². The number of pyridine rings is 2. The van der Waals surface area contributed by atoms with Crippen molar-refractivity contribution in [2.45, 2.75) is 0 Å². The molecule has 7 nitrogen and oxygen atoms in total. The fourth-order valence-corrected chi connectivity index (χ4v) is 3.29. The number of hydrogen-bond donors (Lipinski definition) is 0. The first-order valence-electron chi connectivity index (χ1n) is 8.09. The van der Waals surface area contributed by atoms with Crippen molar-refractivity contribution in [3.05, 3.63) is 81.8 Å². The van der Waals surface area contributed by atoms with Gasteiger partial charge in [-0.25, -0.2) is 14.3 Å². The van der Waals surface area contributed by atoms with Crippen LogP contribution in [0.2, 0.25) is 0 Å². The van der Waals surface area contributed by atoms with Gasteiger partial charge in [0.25, 0.3) is 5.56 Å². The lowest BCUT2D eigenvalue weighted by atomic mass is 10.2. The van der Waals surface area contributed by atoms with E-state index in [0.29, 0.717) is 17.0 Å². The summed E-state index contributed by atoms with van der Waals surface area (Å²) in [5.74, 6) is 0. The topological polar surface area (TPSA) is 74.2 Å². The molecule has 0 atom stereocenters. The summed E-state index contributed by atoms with van der Waals surface area (Å²) in [5, 5.41) is 0.909. The lowest BCUT2D eigenvalue weighted by Gasteiger charge is -2.05. The Morgan fingerprint density at radius 1 is 1.00 bits per heavy atom. The summed E-state index contributed by atoms with van der Waals surface area (Å²) >= 11 is 0. The van der Waals surface area contributed by atoms with Crippen molar-refractivity contribution < 1.29 is 0 Å². The van der Waals surface area contributed by atoms with Crippen LogP contribution in [0.1, 0.15) is 0 Å². The van der Waals surface area contributed by atoms with E-state index in [4.69, 9.17) is 0 Å². The molecule has 5 rings (SSSR count). The van der Waals surface area contributed by atoms with Crippen LogP contribution in [0.4, 0.5) is 0 Å². The average Bonchev–Trinajstić information content (AvgIpc) is 2.92. The Morgan fingerprint density at radius 2 is 1.88 bits per heavy atom. The van der Waals surface area contributed by atoms with E-state index in [-0.39, 0.29) is 16.8 Å². The number of aryl methyl sites for hydroxylation is 1. The molecule has 0 aliphatic carbocycles. The average molecular weight is 343 g/mol. The molecule has 4 heterocycles. The quantitative estimate of drug-likeness (QED) is 0.466. The number of aromatic nitrogens is 5. The maximum absolute atomic E-state index is 12.9. The molecule has 0 amide bonds. The molecule has 7 heteroatoms. The van der Waals surface area contributed by atoms with Gasteiger partial charge in [-0.05, 0) is 36.4 Å². The molecule has 26 heavy (non-hydrogen) atoms. The number of nitrogens with zero attached hydrogens (tertiary/aromatic N) is 5. The standard InChI is InChI=1S/C19H13N5O2/c1-22-16-17(21-15-6-2-3-10-23(15)18(16)25)24(19(22)26)13-7-8-14-12(11-13)5-4-9-20-14/h2-11H,1H3. The molecule has 0 saturated carbocycles. The molecular formula is C19H13N5O2. The second-order valence-corrected chi connectivity index (χ2v) is 6.08. The van der Waals surface area contributed by atoms with Crippen LogP contribution in [0.3, 0.4) is 0 Å². The SMILES string of the molecule is Cn1c(=O)n(-c2ccc3ncccc3c2)c2nc3ccccn3c(=O)c21. The summed E-state index contributed by atoms with van der Waals surface area (Å²) in [4.78, 5) is 34.6. The number of fused-ring (bicyclic) bond motifs is 3. The molecular weight excluding hydrogens is 330 g/mol. The number of imidazole rings is 1. The van der Waals surface area contributed by atoms with Crippen molar-refractivity contribution in [3.8, 4) is 5.69 Å². The normalized spacial score (nSPS) is 11.6. The molecule has 0 N–H and O–H groups in total. The van der Waals surface area contributed by atoms with Gasteiger partial charge in [0.05, 0.1) is 11.2 Å². The minimum atomic E-state index is -0.316. The van der Waals surface area contributed by atoms with Crippen molar-refractivity contribution in [2.75, 3.05) is 0 Å². The summed E-state index contributed by atoms with van der Waals surface area (Å²) < 4.78 is 4.25. The Balaban J connectivity index is 1.94. The van der Waals surface area contributed by atoms with Crippen LogP contribution in [-0.4, -0.2) is 23.5 Å². The van der Waals surface area contributed by atoms with Gasteiger partial charge in [0, 0.05) is 24.8 Å². The van der Waals surface area contributed by atoms with Crippen LogP contribution in [-0.2, 0) is 7.05 Å². The van der Waals surface area contributed by atoms with Gasteiger partial charge in [0.2, 0.25) is 0 Å². The molecule has 0 saturated heterocycles. The third kappa shape index (κ3) is 1.88. The second kappa shape index (κ2) is 5.13. The van der Waals surface area contributed by atoms with Crippen LogP contribution in [0.25, 0.3) is 33.4 Å². The third-order valence-electron chi connectivity index (χ3n) is 4.56. The van der Waals surface area contributed by atoms with Gasteiger partial charge in [0.15, 0.2) is 11.2 Å². The Bertz CT molecular complexity index is 1440. The molecule has 5 aromatic rings. The Hall–Kier alpha value is -3.74. The van der Waals surface area contributed by atoms with E-state index in [1.165, 1.54) is 13.5 Å². The summed E-state index contributed by atoms with van der Waals surface area (Å²) in [6.45, 7) is 0. The van der Waals surface area contributed by atoms with E-state index in [0.717, 1.165) is 10.9 Å². The molecule has 0 radical (unpaired) electrons. The maximum atomic E-state index is 12.9. The molecule has 0 spiro atoms. The highest BCUT2D eigenvalue weighted by atomic mass is 16.2. The number of rotatable bonds is 1. The van der Waals surface area contributed by atoms with Gasteiger partial charge in [0.1, 0.15) is 5.65 Å². The van der Waals surface area contributed by atoms with Crippen LogP contribution in [0.15, 0.2) is 70.5 Å². The molecule has 0 fully saturated rings. The highest BCUT2D eigenvalue weighted by Crippen LogP contribution is 2.19. The lowest BCUT2D eigenvalue weighted by molar-refractivity contribution is 0.842. The number of hydrogen-bond acceptors (Lipinski definition) is 4. The van der Waals surface area contributed by atoms with Gasteiger partial charge in [-0.3, -0.25) is 18.7 Å². The van der Waals surface area contributed by atoms with E-state index in [1.54, 1.807) is 37.6 Å². The lowest BCUT2D eigenvalue weighted by Crippen LogP contribution is -2.22. The first kappa shape index (κ1) is 14.6. The largest absolute Gasteiger partial charge is 0.334 e. The van der Waals surface area contributed by atoms with E-state index < -0.39 is 0 Å². The Labute approximate surface area is 146 Å². The first-order valence-corrected chi connectivity index (χ1v) is 8.09. The molecule has 1 aromatic carbocycles. The summed E-state index contributed by atoms with van der Waals surface area (Å²) in [6.07, 6.45) is 3.37. The number of benzene rings is 1.